The first-order valence-electron chi connectivity index (χ1n) is 4.41. The molecule has 0 aromatic heterocycles. The molecule has 0 saturated carbocycles. The van der Waals surface area contributed by atoms with Gasteiger partial charge in [-0.05, 0) is 12.1 Å². The number of nitrogens with two attached hydrogens (primary N) is 1. The summed E-state index contributed by atoms with van der Waals surface area (Å²) in [5.74, 6) is -0.553. The molecule has 0 spiro atoms. The number of halogens is 2. The molecule has 0 radical (unpaired) electrons. The first-order chi connectivity index (χ1) is 7.51. The molecule has 0 amide bonds. The lowest BCUT2D eigenvalue weighted by molar-refractivity contribution is -0.142. The van der Waals surface area contributed by atoms with E-state index in [4.69, 9.17) is 10.5 Å². The van der Waals surface area contributed by atoms with Gasteiger partial charge >= 0.3 is 5.97 Å². The van der Waals surface area contributed by atoms with Gasteiger partial charge in [0.15, 0.2) is 11.5 Å². The number of esters is 1. The molecule has 0 fully saturated rings. The lowest BCUT2D eigenvalue weighted by Gasteiger charge is -2.14. The zero-order valence-electron chi connectivity index (χ0n) is 9.27. The van der Waals surface area contributed by atoms with Crippen molar-refractivity contribution in [1.29, 1.82) is 0 Å². The average molecular weight is 327 g/mol. The minimum Gasteiger partial charge on any atom is -0.504 e. The molecule has 17 heavy (non-hydrogen) atoms. The molecule has 1 rings (SSSR count). The number of carbonyl (C=O) groups excluding carboxylic acids is 1. The highest BCUT2D eigenvalue weighted by atomic mass is 79.9. The van der Waals surface area contributed by atoms with Crippen LogP contribution in [0.4, 0.5) is 0 Å². The normalized spacial score (nSPS) is 11.3. The van der Waals surface area contributed by atoms with E-state index in [2.05, 4.69) is 20.7 Å². The number of phenols is 1. The number of rotatable bonds is 3. The third kappa shape index (κ3) is 3.49. The zero-order chi connectivity index (χ0) is 12.3. The number of hydrogen-bond acceptors (Lipinski definition) is 5. The van der Waals surface area contributed by atoms with Crippen LogP contribution in [0.25, 0.3) is 0 Å². The van der Waals surface area contributed by atoms with Crippen molar-refractivity contribution < 1.29 is 19.4 Å². The summed E-state index contributed by atoms with van der Waals surface area (Å²) < 4.78 is 10.1. The van der Waals surface area contributed by atoms with Gasteiger partial charge in [0.2, 0.25) is 0 Å². The van der Waals surface area contributed by atoms with Crippen LogP contribution in [0.3, 0.4) is 0 Å². The SMILES string of the molecule is COC(=O)[C@@H](N)c1cc(Br)cc(OC)c1O.Cl. The third-order valence-electron chi connectivity index (χ3n) is 2.08. The fraction of sp³-hybridized carbons (Fsp3) is 0.300. The Bertz CT molecular complexity index is 414. The summed E-state index contributed by atoms with van der Waals surface area (Å²) in [4.78, 5) is 11.3. The second-order valence-electron chi connectivity index (χ2n) is 3.05. The molecule has 0 bridgehead atoms. The van der Waals surface area contributed by atoms with Gasteiger partial charge in [-0.15, -0.1) is 12.4 Å². The van der Waals surface area contributed by atoms with Crippen molar-refractivity contribution in [2.45, 2.75) is 6.04 Å². The van der Waals surface area contributed by atoms with Gasteiger partial charge in [0.05, 0.1) is 14.2 Å². The Hall–Kier alpha value is -0.980. The van der Waals surface area contributed by atoms with Crippen molar-refractivity contribution in [3.8, 4) is 11.5 Å². The minimum atomic E-state index is -1.05. The highest BCUT2D eigenvalue weighted by Gasteiger charge is 2.22. The second kappa shape index (κ2) is 6.68. The molecule has 96 valence electrons. The summed E-state index contributed by atoms with van der Waals surface area (Å²) in [5, 5.41) is 9.79. The van der Waals surface area contributed by atoms with Gasteiger partial charge in [-0.25, -0.2) is 0 Å². The third-order valence-corrected chi connectivity index (χ3v) is 2.54. The second-order valence-corrected chi connectivity index (χ2v) is 3.96. The maximum atomic E-state index is 11.3. The predicted molar refractivity (Wildman–Crippen MR) is 68.6 cm³/mol. The zero-order valence-corrected chi connectivity index (χ0v) is 11.7. The molecule has 7 heteroatoms. The van der Waals surface area contributed by atoms with Crippen LogP contribution in [0.2, 0.25) is 0 Å². The van der Waals surface area contributed by atoms with E-state index in [9.17, 15) is 9.90 Å². The summed E-state index contributed by atoms with van der Waals surface area (Å²) in [6, 6.07) is 2.07. The number of benzene rings is 1. The van der Waals surface area contributed by atoms with Crippen LogP contribution >= 0.6 is 28.3 Å². The monoisotopic (exact) mass is 325 g/mol. The van der Waals surface area contributed by atoms with E-state index in [1.807, 2.05) is 0 Å². The first-order valence-corrected chi connectivity index (χ1v) is 5.20. The van der Waals surface area contributed by atoms with E-state index in [-0.39, 0.29) is 29.5 Å². The highest BCUT2D eigenvalue weighted by molar-refractivity contribution is 9.10. The highest BCUT2D eigenvalue weighted by Crippen LogP contribution is 2.36. The topological polar surface area (TPSA) is 81.8 Å². The van der Waals surface area contributed by atoms with Crippen molar-refractivity contribution in [1.82, 2.24) is 0 Å². The van der Waals surface area contributed by atoms with Gasteiger partial charge in [-0.3, -0.25) is 4.79 Å². The van der Waals surface area contributed by atoms with Gasteiger partial charge in [0.1, 0.15) is 6.04 Å². The van der Waals surface area contributed by atoms with Crippen molar-refractivity contribution in [3.63, 3.8) is 0 Å². The van der Waals surface area contributed by atoms with E-state index in [1.54, 1.807) is 12.1 Å². The molecule has 0 saturated heterocycles. The molecule has 1 aromatic rings. The van der Waals surface area contributed by atoms with E-state index in [1.165, 1.54) is 14.2 Å². The Morgan fingerprint density at radius 2 is 2.06 bits per heavy atom. The summed E-state index contributed by atoms with van der Waals surface area (Å²) in [5.41, 5.74) is 5.88. The summed E-state index contributed by atoms with van der Waals surface area (Å²) in [6.07, 6.45) is 0. The first kappa shape index (κ1) is 16.0. The van der Waals surface area contributed by atoms with Crippen molar-refractivity contribution in [2.24, 2.45) is 5.73 Å². The molecule has 0 unspecified atom stereocenters. The molecule has 3 N–H and O–H groups in total. The molecule has 1 atom stereocenters. The van der Waals surface area contributed by atoms with Crippen LogP contribution in [0, 0.1) is 0 Å². The summed E-state index contributed by atoms with van der Waals surface area (Å²) in [6.45, 7) is 0. The Labute approximate surface area is 113 Å². The molecule has 0 heterocycles. The molecular weight excluding hydrogens is 313 g/mol. The largest absolute Gasteiger partial charge is 0.504 e. The Balaban J connectivity index is 0.00000256. The molecule has 0 aliphatic carbocycles. The van der Waals surface area contributed by atoms with E-state index in [0.717, 1.165) is 0 Å². The number of ether oxygens (including phenoxy) is 2. The van der Waals surface area contributed by atoms with E-state index < -0.39 is 12.0 Å². The smallest absolute Gasteiger partial charge is 0.327 e. The van der Waals surface area contributed by atoms with Gasteiger partial charge in [-0.2, -0.15) is 0 Å². The van der Waals surface area contributed by atoms with Crippen LogP contribution in [0.1, 0.15) is 11.6 Å². The molecule has 1 aromatic carbocycles. The quantitative estimate of drug-likeness (QED) is 0.827. The Kier molecular flexibility index (Phi) is 6.30. The van der Waals surface area contributed by atoms with Gasteiger partial charge in [-0.1, -0.05) is 15.9 Å². The Morgan fingerprint density at radius 1 is 1.47 bits per heavy atom. The van der Waals surface area contributed by atoms with Crippen LogP contribution < -0.4 is 10.5 Å². The summed E-state index contributed by atoms with van der Waals surface area (Å²) in [7, 11) is 2.64. The van der Waals surface area contributed by atoms with Crippen molar-refractivity contribution in [2.75, 3.05) is 14.2 Å². The van der Waals surface area contributed by atoms with Crippen molar-refractivity contribution >= 4 is 34.3 Å². The number of carbonyl (C=O) groups is 1. The van der Waals surface area contributed by atoms with Crippen LogP contribution in [0.5, 0.6) is 11.5 Å². The lowest BCUT2D eigenvalue weighted by Crippen LogP contribution is -2.22. The fourth-order valence-electron chi connectivity index (χ4n) is 1.24. The number of aromatic hydroxyl groups is 1. The maximum Gasteiger partial charge on any atom is 0.327 e. The van der Waals surface area contributed by atoms with Crippen LogP contribution in [-0.2, 0) is 9.53 Å². The van der Waals surface area contributed by atoms with E-state index in [0.29, 0.717) is 4.47 Å². The van der Waals surface area contributed by atoms with Gasteiger partial charge in [0, 0.05) is 10.0 Å². The van der Waals surface area contributed by atoms with Crippen LogP contribution in [-0.4, -0.2) is 25.3 Å². The van der Waals surface area contributed by atoms with Crippen molar-refractivity contribution in [3.05, 3.63) is 22.2 Å². The van der Waals surface area contributed by atoms with Crippen LogP contribution in [0.15, 0.2) is 16.6 Å². The predicted octanol–water partition coefficient (Wildman–Crippen LogP) is 1.76. The van der Waals surface area contributed by atoms with Gasteiger partial charge in [0.25, 0.3) is 0 Å². The summed E-state index contributed by atoms with van der Waals surface area (Å²) >= 11 is 3.23. The maximum absolute atomic E-state index is 11.3. The number of hydrogen-bond donors (Lipinski definition) is 2. The molecule has 0 aliphatic rings. The minimum absolute atomic E-state index is 0. The molecule has 5 nitrogen and oxygen atoms in total. The van der Waals surface area contributed by atoms with E-state index >= 15 is 0 Å². The number of methoxy groups -OCH3 is 2. The fourth-order valence-corrected chi connectivity index (χ4v) is 1.70. The van der Waals surface area contributed by atoms with Gasteiger partial charge < -0.3 is 20.3 Å². The average Bonchev–Trinajstić information content (AvgIpc) is 2.29. The standard InChI is InChI=1S/C10H12BrNO4.ClH/c1-15-7-4-5(11)3-6(9(7)13)8(12)10(14)16-2;/h3-4,8,13H,12H2,1-2H3;1H/t8-;/m0./s1. The molecular formula is C10H13BrClNO4. The lowest BCUT2D eigenvalue weighted by atomic mass is 10.1. The number of phenolic OH excluding ortho intramolecular Hbond substituents is 1. The Morgan fingerprint density at radius 3 is 2.53 bits per heavy atom. The molecule has 0 aliphatic heterocycles.